The van der Waals surface area contributed by atoms with Gasteiger partial charge in [0.1, 0.15) is 5.82 Å². The molecule has 1 heterocycles. The highest BCUT2D eigenvalue weighted by molar-refractivity contribution is 6.60. The summed E-state index contributed by atoms with van der Waals surface area (Å²) < 4.78 is 32.9. The number of anilines is 1. The van der Waals surface area contributed by atoms with Gasteiger partial charge in [-0.25, -0.2) is 10.8 Å². The van der Waals surface area contributed by atoms with E-state index in [2.05, 4.69) is 10.4 Å². The van der Waals surface area contributed by atoms with Crippen LogP contribution in [0.2, 0.25) is 12.1 Å². The Balaban J connectivity index is 0.00000961. The van der Waals surface area contributed by atoms with Crippen molar-refractivity contribution in [1.29, 1.82) is 0 Å². The third kappa shape index (κ3) is 8.62. The average Bonchev–Trinajstić information content (AvgIpc) is 2.83. The van der Waals surface area contributed by atoms with Crippen LogP contribution in [-0.4, -0.2) is 100 Å². The Morgan fingerprint density at radius 3 is 1.66 bits per heavy atom. The highest BCUT2D eigenvalue weighted by Crippen LogP contribution is 2.19. The van der Waals surface area contributed by atoms with Gasteiger partial charge in [0.25, 0.3) is 5.91 Å². The number of carbonyl (C=O) groups excluding carboxylic acids is 1. The van der Waals surface area contributed by atoms with Gasteiger partial charge in [-0.05, 0) is 35.9 Å². The van der Waals surface area contributed by atoms with Gasteiger partial charge in [-0.15, -0.1) is 0 Å². The Kier molecular flexibility index (Phi) is 15.0. The van der Waals surface area contributed by atoms with E-state index in [0.717, 1.165) is 0 Å². The Hall–Kier alpha value is -1.21. The molecule has 0 saturated carbocycles. The summed E-state index contributed by atoms with van der Waals surface area (Å²) in [6.45, 7) is 1.00. The molecule has 0 radical (unpaired) electrons. The highest BCUT2D eigenvalue weighted by Gasteiger charge is 2.38. The van der Waals surface area contributed by atoms with Crippen LogP contribution >= 0.6 is 0 Å². The van der Waals surface area contributed by atoms with E-state index in [-0.39, 0.29) is 16.9 Å². The maximum Gasteiger partial charge on any atom is 0.500 e. The molecule has 1 amide bonds. The maximum absolute atomic E-state index is 13.1. The minimum absolute atomic E-state index is 0. The fourth-order valence-corrected chi connectivity index (χ4v) is 6.60. The van der Waals surface area contributed by atoms with Crippen molar-refractivity contribution < 1.29 is 31.4 Å². The molecule has 3 N–H and O–H groups in total. The number of nitrogens with two attached hydrogens (primary N) is 1. The molecule has 0 aliphatic rings. The minimum Gasteiger partial charge on any atom is -0.377 e. The number of hydrazine groups is 1. The summed E-state index contributed by atoms with van der Waals surface area (Å²) in [4.78, 5) is 19.0. The van der Waals surface area contributed by atoms with Gasteiger partial charge in [-0.3, -0.25) is 4.79 Å². The van der Waals surface area contributed by atoms with Crippen molar-refractivity contribution in [2.45, 2.75) is 24.9 Å². The molecular formula is C18H40N4O7Si3. The molecule has 1 aromatic heterocycles. The number of nitrogens with zero attached hydrogens (tertiary/aromatic N) is 2. The number of nitrogen functional groups attached to an aromatic ring is 1. The monoisotopic (exact) mass is 508 g/mol. The van der Waals surface area contributed by atoms with Gasteiger partial charge in [-0.1, -0.05) is 0 Å². The normalized spacial score (nSPS) is 11.7. The van der Waals surface area contributed by atoms with E-state index in [0.29, 0.717) is 49.4 Å². The largest absolute Gasteiger partial charge is 0.500 e. The fraction of sp³-hybridized carbons (Fsp3) is 0.667. The predicted molar refractivity (Wildman–Crippen MR) is 132 cm³/mol. The lowest BCUT2D eigenvalue weighted by molar-refractivity contribution is 0.0739. The summed E-state index contributed by atoms with van der Waals surface area (Å²) in [7, 11) is 4.02. The first kappa shape index (κ1) is 30.8. The molecule has 186 valence electrons. The van der Waals surface area contributed by atoms with Crippen LogP contribution in [0.25, 0.3) is 0 Å². The van der Waals surface area contributed by atoms with E-state index < -0.39 is 17.6 Å². The number of hydrogen-bond donors (Lipinski definition) is 2. The van der Waals surface area contributed by atoms with Crippen LogP contribution in [-0.2, 0) is 26.6 Å². The van der Waals surface area contributed by atoms with Crippen LogP contribution in [0.1, 0.15) is 23.2 Å². The summed E-state index contributed by atoms with van der Waals surface area (Å²) in [5.41, 5.74) is 2.93. The summed E-state index contributed by atoms with van der Waals surface area (Å²) in [5.74, 6) is 5.71. The van der Waals surface area contributed by atoms with Gasteiger partial charge in [0.05, 0.1) is 5.56 Å². The molecule has 0 unspecified atom stereocenters. The Bertz CT molecular complexity index is 607. The van der Waals surface area contributed by atoms with Gasteiger partial charge < -0.3 is 36.9 Å². The van der Waals surface area contributed by atoms with Crippen LogP contribution in [0.4, 0.5) is 5.82 Å². The first-order valence-corrected chi connectivity index (χ1v) is 13.8. The van der Waals surface area contributed by atoms with Crippen LogP contribution in [0.15, 0.2) is 18.3 Å². The topological polar surface area (TPSA) is 127 Å². The highest BCUT2D eigenvalue weighted by atomic mass is 28.4. The van der Waals surface area contributed by atoms with Gasteiger partial charge in [0, 0.05) is 74.0 Å². The number of amides is 1. The smallest absolute Gasteiger partial charge is 0.377 e. The van der Waals surface area contributed by atoms with E-state index in [1.807, 2.05) is 0 Å². The summed E-state index contributed by atoms with van der Waals surface area (Å²) in [6.07, 6.45) is 2.82. The number of hydrogen-bond acceptors (Lipinski definition) is 10. The third-order valence-electron chi connectivity index (χ3n) is 5.13. The van der Waals surface area contributed by atoms with Crippen molar-refractivity contribution >= 4 is 40.3 Å². The molecule has 0 aromatic carbocycles. The lowest BCUT2D eigenvalue weighted by Gasteiger charge is -2.28. The summed E-state index contributed by atoms with van der Waals surface area (Å²) in [5, 5.41) is 0. The molecule has 0 aliphatic heterocycles. The molecule has 14 heteroatoms. The third-order valence-corrected chi connectivity index (χ3v) is 10.8. The number of carbonyl (C=O) groups is 1. The molecule has 1 aromatic rings. The fourth-order valence-electron chi connectivity index (χ4n) is 3.19. The minimum atomic E-state index is -2.71. The van der Waals surface area contributed by atoms with Crippen molar-refractivity contribution in [2.75, 3.05) is 61.2 Å². The average molecular weight is 509 g/mol. The standard InChI is InChI=1S/C18H36N4O7Si2.H4Si/c1-24-30(25-2,26-3)13-7-11-22(12-8-14-31(27-4,28-5)29-6)18(23)16-9-10-17(21-19)20-15-16;/h9-10,15H,7-8,11-14,19H2,1-6H3,(H,20,21);1H4. The zero-order valence-corrected chi connectivity index (χ0v) is 21.3. The van der Waals surface area contributed by atoms with Crippen LogP contribution in [0.3, 0.4) is 0 Å². The van der Waals surface area contributed by atoms with E-state index in [1.165, 1.54) is 6.20 Å². The molecular weight excluding hydrogens is 468 g/mol. The molecule has 0 aliphatic carbocycles. The second-order valence-electron chi connectivity index (χ2n) is 6.67. The quantitative estimate of drug-likeness (QED) is 0.177. The molecule has 0 bridgehead atoms. The van der Waals surface area contributed by atoms with E-state index in [4.69, 9.17) is 32.4 Å². The van der Waals surface area contributed by atoms with Crippen molar-refractivity contribution in [1.82, 2.24) is 9.88 Å². The van der Waals surface area contributed by atoms with Crippen LogP contribution in [0.5, 0.6) is 0 Å². The Morgan fingerprint density at radius 2 is 1.34 bits per heavy atom. The first-order valence-electron chi connectivity index (χ1n) is 9.91. The molecule has 0 atom stereocenters. The molecule has 0 fully saturated rings. The lowest BCUT2D eigenvalue weighted by Crippen LogP contribution is -2.44. The Morgan fingerprint density at radius 1 is 0.906 bits per heavy atom. The number of rotatable bonds is 16. The number of aromatic nitrogens is 1. The second-order valence-corrected chi connectivity index (χ2v) is 12.8. The van der Waals surface area contributed by atoms with Crippen molar-refractivity contribution in [3.05, 3.63) is 23.9 Å². The van der Waals surface area contributed by atoms with Crippen molar-refractivity contribution in [2.24, 2.45) is 5.84 Å². The zero-order valence-electron chi connectivity index (χ0n) is 19.3. The lowest BCUT2D eigenvalue weighted by atomic mass is 10.2. The molecule has 0 spiro atoms. The second kappa shape index (κ2) is 15.6. The summed E-state index contributed by atoms with van der Waals surface area (Å²) in [6, 6.07) is 4.51. The molecule has 32 heavy (non-hydrogen) atoms. The van der Waals surface area contributed by atoms with Crippen molar-refractivity contribution in [3.8, 4) is 0 Å². The zero-order chi connectivity index (χ0) is 23.3. The van der Waals surface area contributed by atoms with Gasteiger partial charge in [0.15, 0.2) is 0 Å². The number of nitrogens with one attached hydrogen (secondary N) is 1. The van der Waals surface area contributed by atoms with Gasteiger partial charge >= 0.3 is 17.6 Å². The first-order chi connectivity index (χ1) is 14.9. The van der Waals surface area contributed by atoms with Crippen molar-refractivity contribution in [3.63, 3.8) is 0 Å². The molecule has 1 rings (SSSR count). The maximum atomic E-state index is 13.1. The summed E-state index contributed by atoms with van der Waals surface area (Å²) >= 11 is 0. The number of pyridine rings is 1. The molecule has 11 nitrogen and oxygen atoms in total. The van der Waals surface area contributed by atoms with E-state index >= 15 is 0 Å². The predicted octanol–water partition coefficient (Wildman–Crippen LogP) is -0.106. The van der Waals surface area contributed by atoms with Gasteiger partial charge in [0.2, 0.25) is 0 Å². The van der Waals surface area contributed by atoms with Crippen LogP contribution < -0.4 is 11.3 Å². The molecule has 0 saturated heterocycles. The van der Waals surface area contributed by atoms with E-state index in [1.54, 1.807) is 59.7 Å². The van der Waals surface area contributed by atoms with Crippen LogP contribution in [0, 0.1) is 0 Å². The van der Waals surface area contributed by atoms with E-state index in [9.17, 15) is 4.79 Å². The Labute approximate surface area is 197 Å². The SMILES string of the molecule is CO[Si](CCCN(CCC[Si](OC)(OC)OC)C(=O)c1ccc(NN)nc1)(OC)OC.[SiH4]. The van der Waals surface area contributed by atoms with Gasteiger partial charge in [-0.2, -0.15) is 0 Å².